The van der Waals surface area contributed by atoms with Gasteiger partial charge in [0.15, 0.2) is 0 Å². The number of hydrogen-bond donors (Lipinski definition) is 1. The Bertz CT molecular complexity index is 1120. The first-order valence-corrected chi connectivity index (χ1v) is 11.3. The van der Waals surface area contributed by atoms with E-state index in [0.29, 0.717) is 48.5 Å². The number of carbonyl (C=O) groups is 2. The van der Waals surface area contributed by atoms with Crippen LogP contribution in [0.1, 0.15) is 34.8 Å². The van der Waals surface area contributed by atoms with Gasteiger partial charge in [0.2, 0.25) is 17.6 Å². The smallest absolute Gasteiger partial charge is 0.253 e. The molecule has 33 heavy (non-hydrogen) atoms. The fourth-order valence-electron chi connectivity index (χ4n) is 3.75. The molecule has 1 N–H and O–H groups in total. The highest BCUT2D eigenvalue weighted by atomic mass is 35.5. The zero-order valence-electron chi connectivity index (χ0n) is 18.6. The van der Waals surface area contributed by atoms with Gasteiger partial charge in [-0.3, -0.25) is 14.5 Å². The third kappa shape index (κ3) is 5.40. The molecule has 4 rings (SSSR count). The van der Waals surface area contributed by atoms with Crippen LogP contribution >= 0.6 is 11.6 Å². The van der Waals surface area contributed by atoms with E-state index < -0.39 is 0 Å². The van der Waals surface area contributed by atoms with Crippen molar-refractivity contribution < 1.29 is 14.1 Å². The molecule has 8 nitrogen and oxygen atoms in total. The lowest BCUT2D eigenvalue weighted by Gasteiger charge is -2.36. The van der Waals surface area contributed by atoms with Crippen LogP contribution in [0.3, 0.4) is 0 Å². The van der Waals surface area contributed by atoms with Crippen LogP contribution in [0.5, 0.6) is 0 Å². The van der Waals surface area contributed by atoms with E-state index in [9.17, 15) is 9.59 Å². The second kappa shape index (κ2) is 10.1. The van der Waals surface area contributed by atoms with Crippen molar-refractivity contribution in [3.63, 3.8) is 0 Å². The van der Waals surface area contributed by atoms with E-state index >= 15 is 0 Å². The molecular weight excluding hydrogens is 442 g/mol. The summed E-state index contributed by atoms with van der Waals surface area (Å²) in [5, 5.41) is 7.14. The third-order valence-electron chi connectivity index (χ3n) is 5.84. The fourth-order valence-corrected chi connectivity index (χ4v) is 3.97. The molecule has 1 fully saturated rings. The summed E-state index contributed by atoms with van der Waals surface area (Å²) in [6.07, 6.45) is 0. The molecule has 0 aliphatic carbocycles. The average Bonchev–Trinajstić information content (AvgIpc) is 3.33. The van der Waals surface area contributed by atoms with Crippen molar-refractivity contribution in [2.75, 3.05) is 32.7 Å². The summed E-state index contributed by atoms with van der Waals surface area (Å²) >= 11 is 6.04. The van der Waals surface area contributed by atoms with Gasteiger partial charge in [-0.2, -0.15) is 4.98 Å². The molecule has 2 amide bonds. The fraction of sp³-hybridized carbons (Fsp3) is 0.333. The van der Waals surface area contributed by atoms with Crippen molar-refractivity contribution in [1.29, 1.82) is 0 Å². The van der Waals surface area contributed by atoms with Gasteiger partial charge in [-0.05, 0) is 26.0 Å². The maximum atomic E-state index is 12.6. The highest BCUT2D eigenvalue weighted by Gasteiger charge is 2.28. The van der Waals surface area contributed by atoms with Gasteiger partial charge >= 0.3 is 0 Å². The van der Waals surface area contributed by atoms with Gasteiger partial charge < -0.3 is 14.7 Å². The Balaban J connectivity index is 1.28. The molecule has 0 saturated carbocycles. The Morgan fingerprint density at radius 2 is 1.79 bits per heavy atom. The number of amides is 2. The molecule has 1 atom stereocenters. The monoisotopic (exact) mass is 467 g/mol. The van der Waals surface area contributed by atoms with Crippen LogP contribution in [-0.2, 0) is 4.79 Å². The van der Waals surface area contributed by atoms with Crippen molar-refractivity contribution in [3.05, 3.63) is 70.6 Å². The summed E-state index contributed by atoms with van der Waals surface area (Å²) < 4.78 is 5.51. The SMILES string of the molecule is Cc1ccc(-c2noc(C(C)N3CCN(C(=O)CNC(=O)c4ccccc4Cl)CC3)n2)cc1. The number of aromatic nitrogens is 2. The minimum absolute atomic E-state index is 0.0612. The average molecular weight is 468 g/mol. The summed E-state index contributed by atoms with van der Waals surface area (Å²) in [7, 11) is 0. The summed E-state index contributed by atoms with van der Waals surface area (Å²) in [5.41, 5.74) is 2.44. The molecular formula is C24H26ClN5O3. The largest absolute Gasteiger partial charge is 0.343 e. The minimum atomic E-state index is -0.359. The van der Waals surface area contributed by atoms with E-state index in [1.807, 2.05) is 38.1 Å². The Hall–Kier alpha value is -3.23. The first kappa shape index (κ1) is 22.9. The van der Waals surface area contributed by atoms with Crippen molar-refractivity contribution in [2.24, 2.45) is 0 Å². The van der Waals surface area contributed by atoms with Gasteiger partial charge in [0.1, 0.15) is 0 Å². The number of halogens is 1. The van der Waals surface area contributed by atoms with Gasteiger partial charge in [-0.25, -0.2) is 0 Å². The second-order valence-electron chi connectivity index (χ2n) is 8.08. The van der Waals surface area contributed by atoms with Crippen LogP contribution in [-0.4, -0.2) is 64.5 Å². The molecule has 2 aromatic carbocycles. The first-order valence-electron chi connectivity index (χ1n) is 10.9. The van der Waals surface area contributed by atoms with E-state index in [1.165, 1.54) is 5.56 Å². The minimum Gasteiger partial charge on any atom is -0.343 e. The van der Waals surface area contributed by atoms with Crippen molar-refractivity contribution in [3.8, 4) is 11.4 Å². The van der Waals surface area contributed by atoms with Crippen LogP contribution in [0.4, 0.5) is 0 Å². The standard InChI is InChI=1S/C24H26ClN5O3/c1-16-7-9-18(10-8-16)22-27-24(33-28-22)17(2)29-11-13-30(14-12-29)21(31)15-26-23(32)19-5-3-4-6-20(19)25/h3-10,17H,11-15H2,1-2H3,(H,26,32). The number of rotatable bonds is 6. The lowest BCUT2D eigenvalue weighted by atomic mass is 10.1. The second-order valence-corrected chi connectivity index (χ2v) is 8.48. The van der Waals surface area contributed by atoms with Gasteiger partial charge in [0.25, 0.3) is 5.91 Å². The summed E-state index contributed by atoms with van der Waals surface area (Å²) in [6.45, 7) is 6.46. The molecule has 1 aliphatic heterocycles. The van der Waals surface area contributed by atoms with E-state index in [-0.39, 0.29) is 24.4 Å². The van der Waals surface area contributed by atoms with E-state index in [4.69, 9.17) is 16.1 Å². The van der Waals surface area contributed by atoms with Gasteiger partial charge in [-0.1, -0.05) is 58.7 Å². The predicted molar refractivity (Wildman–Crippen MR) is 125 cm³/mol. The van der Waals surface area contributed by atoms with Crippen molar-refractivity contribution in [1.82, 2.24) is 25.3 Å². The number of benzene rings is 2. The third-order valence-corrected chi connectivity index (χ3v) is 6.17. The summed E-state index contributed by atoms with van der Waals surface area (Å²) in [6, 6.07) is 14.7. The Morgan fingerprint density at radius 1 is 1.09 bits per heavy atom. The summed E-state index contributed by atoms with van der Waals surface area (Å²) in [4.78, 5) is 33.4. The molecule has 3 aromatic rings. The Kier molecular flexibility index (Phi) is 7.05. The van der Waals surface area contributed by atoms with Crippen molar-refractivity contribution >= 4 is 23.4 Å². The first-order chi connectivity index (χ1) is 15.9. The molecule has 172 valence electrons. The normalized spacial score (nSPS) is 15.3. The molecule has 1 aromatic heterocycles. The highest BCUT2D eigenvalue weighted by molar-refractivity contribution is 6.33. The molecule has 0 spiro atoms. The predicted octanol–water partition coefficient (Wildman–Crippen LogP) is 3.33. The Labute approximate surface area is 197 Å². The van der Waals surface area contributed by atoms with Crippen LogP contribution < -0.4 is 5.32 Å². The number of piperazine rings is 1. The number of hydrogen-bond acceptors (Lipinski definition) is 6. The van der Waals surface area contributed by atoms with Crippen molar-refractivity contribution in [2.45, 2.75) is 19.9 Å². The van der Waals surface area contributed by atoms with Crippen LogP contribution in [0.2, 0.25) is 5.02 Å². The van der Waals surface area contributed by atoms with Gasteiger partial charge in [-0.15, -0.1) is 0 Å². The van der Waals surface area contributed by atoms with E-state index in [1.54, 1.807) is 29.2 Å². The lowest BCUT2D eigenvalue weighted by Crippen LogP contribution is -2.51. The molecule has 1 unspecified atom stereocenters. The van der Waals surface area contributed by atoms with Gasteiger partial charge in [0.05, 0.1) is 23.2 Å². The maximum Gasteiger partial charge on any atom is 0.253 e. The molecule has 0 radical (unpaired) electrons. The van der Waals surface area contributed by atoms with E-state index in [0.717, 1.165) is 5.56 Å². The highest BCUT2D eigenvalue weighted by Crippen LogP contribution is 2.24. The molecule has 9 heteroatoms. The Morgan fingerprint density at radius 3 is 2.48 bits per heavy atom. The van der Waals surface area contributed by atoms with Gasteiger partial charge in [0, 0.05) is 31.7 Å². The lowest BCUT2D eigenvalue weighted by molar-refractivity contribution is -0.132. The molecule has 0 bridgehead atoms. The zero-order chi connectivity index (χ0) is 23.4. The quantitative estimate of drug-likeness (QED) is 0.598. The van der Waals surface area contributed by atoms with Crippen LogP contribution in [0, 0.1) is 6.92 Å². The summed E-state index contributed by atoms with van der Waals surface area (Å²) in [5.74, 6) is 0.640. The van der Waals surface area contributed by atoms with Crippen LogP contribution in [0.25, 0.3) is 11.4 Å². The molecule has 2 heterocycles. The topological polar surface area (TPSA) is 91.6 Å². The number of carbonyl (C=O) groups excluding carboxylic acids is 2. The number of aryl methyl sites for hydroxylation is 1. The maximum absolute atomic E-state index is 12.6. The molecule has 1 aliphatic rings. The zero-order valence-corrected chi connectivity index (χ0v) is 19.4. The van der Waals surface area contributed by atoms with Crippen LogP contribution in [0.15, 0.2) is 53.1 Å². The molecule has 1 saturated heterocycles. The number of nitrogens with zero attached hydrogens (tertiary/aromatic N) is 4. The van der Waals surface area contributed by atoms with E-state index in [2.05, 4.69) is 20.4 Å². The number of nitrogens with one attached hydrogen (secondary N) is 1.